The van der Waals surface area contributed by atoms with Crippen LogP contribution in [0.25, 0.3) is 38.8 Å². The Morgan fingerprint density at radius 1 is 0.935 bits per heavy atom. The number of aromatic nitrogens is 4. The monoisotopic (exact) mass is 420 g/mol. The fourth-order valence-electron chi connectivity index (χ4n) is 3.67. The highest BCUT2D eigenvalue weighted by Crippen LogP contribution is 2.32. The van der Waals surface area contributed by atoms with Gasteiger partial charge in [0, 0.05) is 22.8 Å². The van der Waals surface area contributed by atoms with E-state index in [1.54, 1.807) is 6.20 Å². The van der Waals surface area contributed by atoms with Crippen molar-refractivity contribution in [2.75, 3.05) is 0 Å². The van der Waals surface area contributed by atoms with Crippen LogP contribution < -0.4 is 5.69 Å². The van der Waals surface area contributed by atoms with Crippen LogP contribution in [0.1, 0.15) is 11.3 Å². The number of aromatic amines is 1. The van der Waals surface area contributed by atoms with Crippen molar-refractivity contribution in [3.05, 3.63) is 88.7 Å². The van der Waals surface area contributed by atoms with Gasteiger partial charge in [-0.05, 0) is 48.9 Å². The van der Waals surface area contributed by atoms with Gasteiger partial charge in [0.05, 0.1) is 34.0 Å². The van der Waals surface area contributed by atoms with Gasteiger partial charge in [-0.25, -0.2) is 4.79 Å². The topological polar surface area (TPSA) is 63.6 Å². The number of benzene rings is 2. The van der Waals surface area contributed by atoms with Gasteiger partial charge in [-0.3, -0.25) is 14.5 Å². The van der Waals surface area contributed by atoms with Crippen LogP contribution in [0, 0.1) is 6.92 Å². The lowest BCUT2D eigenvalue weighted by Crippen LogP contribution is -2.15. The van der Waals surface area contributed by atoms with Crippen LogP contribution in [-0.2, 0) is 6.18 Å². The molecule has 5 rings (SSSR count). The molecule has 0 aliphatic heterocycles. The number of pyridine rings is 2. The number of imidazole rings is 1. The molecular formula is C23H15F3N4O. The van der Waals surface area contributed by atoms with E-state index in [2.05, 4.69) is 15.0 Å². The number of halogens is 3. The second-order valence-electron chi connectivity index (χ2n) is 7.25. The third-order valence-corrected chi connectivity index (χ3v) is 5.18. The van der Waals surface area contributed by atoms with Gasteiger partial charge in [-0.15, -0.1) is 0 Å². The fourth-order valence-corrected chi connectivity index (χ4v) is 3.67. The highest BCUT2D eigenvalue weighted by atomic mass is 19.4. The van der Waals surface area contributed by atoms with Crippen LogP contribution in [0.3, 0.4) is 0 Å². The maximum absolute atomic E-state index is 13.2. The quantitative estimate of drug-likeness (QED) is 0.424. The van der Waals surface area contributed by atoms with Crippen molar-refractivity contribution in [1.82, 2.24) is 19.5 Å². The third-order valence-electron chi connectivity index (χ3n) is 5.18. The Kier molecular flexibility index (Phi) is 4.18. The van der Waals surface area contributed by atoms with E-state index < -0.39 is 17.4 Å². The van der Waals surface area contributed by atoms with Crippen molar-refractivity contribution in [1.29, 1.82) is 0 Å². The largest absolute Gasteiger partial charge is 0.416 e. The van der Waals surface area contributed by atoms with E-state index in [4.69, 9.17) is 0 Å². The number of nitrogens with zero attached hydrogens (tertiary/aromatic N) is 3. The summed E-state index contributed by atoms with van der Waals surface area (Å²) < 4.78 is 41.0. The first-order valence-corrected chi connectivity index (χ1v) is 9.45. The Bertz CT molecular complexity index is 1500. The first kappa shape index (κ1) is 19.0. The Balaban J connectivity index is 1.80. The van der Waals surface area contributed by atoms with Crippen molar-refractivity contribution < 1.29 is 13.2 Å². The van der Waals surface area contributed by atoms with Crippen molar-refractivity contribution in [3.8, 4) is 16.8 Å². The second-order valence-corrected chi connectivity index (χ2v) is 7.25. The van der Waals surface area contributed by atoms with Crippen LogP contribution in [0.4, 0.5) is 13.2 Å². The second kappa shape index (κ2) is 6.80. The van der Waals surface area contributed by atoms with Gasteiger partial charge >= 0.3 is 11.9 Å². The highest BCUT2D eigenvalue weighted by molar-refractivity contribution is 6.04. The maximum Gasteiger partial charge on any atom is 0.416 e. The summed E-state index contributed by atoms with van der Waals surface area (Å²) in [5.74, 6) is 0. The summed E-state index contributed by atoms with van der Waals surface area (Å²) in [7, 11) is 0. The van der Waals surface area contributed by atoms with E-state index in [0.717, 1.165) is 29.0 Å². The van der Waals surface area contributed by atoms with Crippen LogP contribution in [0.5, 0.6) is 0 Å². The van der Waals surface area contributed by atoms with E-state index >= 15 is 0 Å². The number of hydrogen-bond donors (Lipinski definition) is 1. The molecule has 154 valence electrons. The SMILES string of the molecule is Cc1ccc(-c2ccc3ncc4[nH]c(=O)n(-c5cccc(C(F)(F)F)c5)c4c3c2)cn1. The Hall–Kier alpha value is -3.94. The summed E-state index contributed by atoms with van der Waals surface area (Å²) in [6.45, 7) is 1.89. The first-order valence-electron chi connectivity index (χ1n) is 9.45. The first-order chi connectivity index (χ1) is 14.8. The zero-order valence-corrected chi connectivity index (χ0v) is 16.2. The predicted octanol–water partition coefficient (Wildman–Crippen LogP) is 5.26. The summed E-state index contributed by atoms with van der Waals surface area (Å²) in [5.41, 5.74) is 2.92. The molecular weight excluding hydrogens is 405 g/mol. The standard InChI is InChI=1S/C23H15F3N4O/c1-13-5-6-15(11-27-13)14-7-8-19-18(9-14)21-20(12-28-19)29-22(31)30(21)17-4-2-3-16(10-17)23(24,25)26/h2-12H,1H3,(H,29,31). The molecule has 0 aliphatic carbocycles. The number of hydrogen-bond acceptors (Lipinski definition) is 3. The van der Waals surface area contributed by atoms with E-state index in [9.17, 15) is 18.0 Å². The summed E-state index contributed by atoms with van der Waals surface area (Å²) >= 11 is 0. The van der Waals surface area contributed by atoms with Crippen molar-refractivity contribution in [3.63, 3.8) is 0 Å². The molecule has 0 unspecified atom stereocenters. The van der Waals surface area contributed by atoms with Gasteiger partial charge in [0.2, 0.25) is 0 Å². The summed E-state index contributed by atoms with van der Waals surface area (Å²) in [6, 6.07) is 14.1. The summed E-state index contributed by atoms with van der Waals surface area (Å²) in [4.78, 5) is 24.1. The molecule has 0 bridgehead atoms. The molecule has 3 heterocycles. The van der Waals surface area contributed by atoms with E-state index in [-0.39, 0.29) is 5.69 Å². The van der Waals surface area contributed by atoms with Crippen molar-refractivity contribution in [2.24, 2.45) is 0 Å². The smallest absolute Gasteiger partial charge is 0.304 e. The predicted molar refractivity (Wildman–Crippen MR) is 112 cm³/mol. The minimum Gasteiger partial charge on any atom is -0.304 e. The molecule has 0 atom stereocenters. The van der Waals surface area contributed by atoms with E-state index in [0.29, 0.717) is 21.9 Å². The lowest BCUT2D eigenvalue weighted by molar-refractivity contribution is -0.137. The number of nitrogens with one attached hydrogen (secondary N) is 1. The Morgan fingerprint density at radius 2 is 1.74 bits per heavy atom. The highest BCUT2D eigenvalue weighted by Gasteiger charge is 2.30. The molecule has 31 heavy (non-hydrogen) atoms. The van der Waals surface area contributed by atoms with Gasteiger partial charge in [-0.1, -0.05) is 18.2 Å². The van der Waals surface area contributed by atoms with Crippen LogP contribution in [0.2, 0.25) is 0 Å². The molecule has 0 amide bonds. The molecule has 5 aromatic rings. The zero-order valence-electron chi connectivity index (χ0n) is 16.2. The van der Waals surface area contributed by atoms with Gasteiger partial charge in [0.25, 0.3) is 0 Å². The van der Waals surface area contributed by atoms with Crippen molar-refractivity contribution in [2.45, 2.75) is 13.1 Å². The molecule has 0 aliphatic rings. The Morgan fingerprint density at radius 3 is 2.48 bits per heavy atom. The molecule has 8 heteroatoms. The Labute approximate surface area is 173 Å². The van der Waals surface area contributed by atoms with E-state index in [1.165, 1.54) is 22.9 Å². The zero-order chi connectivity index (χ0) is 21.8. The average Bonchev–Trinajstić information content (AvgIpc) is 3.10. The lowest BCUT2D eigenvalue weighted by atomic mass is 10.0. The number of H-pyrrole nitrogens is 1. The van der Waals surface area contributed by atoms with Crippen molar-refractivity contribution >= 4 is 21.9 Å². The molecule has 0 fully saturated rings. The molecule has 1 N–H and O–H groups in total. The van der Waals surface area contributed by atoms with E-state index in [1.807, 2.05) is 37.3 Å². The van der Waals surface area contributed by atoms with Gasteiger partial charge < -0.3 is 4.98 Å². The number of fused-ring (bicyclic) bond motifs is 3. The molecule has 0 saturated carbocycles. The van der Waals surface area contributed by atoms with Crippen LogP contribution >= 0.6 is 0 Å². The summed E-state index contributed by atoms with van der Waals surface area (Å²) in [5, 5.41) is 0.645. The van der Waals surface area contributed by atoms with Crippen LogP contribution in [0.15, 0.2) is 71.8 Å². The fraction of sp³-hybridized carbons (Fsp3) is 0.0870. The maximum atomic E-state index is 13.2. The van der Waals surface area contributed by atoms with Gasteiger partial charge in [0.1, 0.15) is 0 Å². The molecule has 3 aromatic heterocycles. The molecule has 2 aromatic carbocycles. The summed E-state index contributed by atoms with van der Waals surface area (Å²) in [6.07, 6.45) is -1.25. The lowest BCUT2D eigenvalue weighted by Gasteiger charge is -2.11. The van der Waals surface area contributed by atoms with Gasteiger partial charge in [-0.2, -0.15) is 13.2 Å². The number of aryl methyl sites for hydroxylation is 1. The molecule has 0 saturated heterocycles. The molecule has 0 radical (unpaired) electrons. The third kappa shape index (κ3) is 3.26. The normalized spacial score (nSPS) is 12.0. The number of rotatable bonds is 2. The van der Waals surface area contributed by atoms with Gasteiger partial charge in [0.15, 0.2) is 0 Å². The number of alkyl halides is 3. The molecule has 5 nitrogen and oxygen atoms in total. The minimum atomic E-state index is -4.51. The van der Waals surface area contributed by atoms with Crippen LogP contribution in [-0.4, -0.2) is 19.5 Å². The molecule has 0 spiro atoms. The average molecular weight is 420 g/mol. The minimum absolute atomic E-state index is 0.126.